The van der Waals surface area contributed by atoms with Crippen molar-refractivity contribution in [2.75, 3.05) is 31.8 Å². The Labute approximate surface area is 244 Å². The average molecular weight is 636 g/mol. The van der Waals surface area contributed by atoms with Gasteiger partial charge in [0, 0.05) is 39.2 Å². The van der Waals surface area contributed by atoms with Gasteiger partial charge < -0.3 is 14.5 Å². The van der Waals surface area contributed by atoms with E-state index < -0.39 is 11.4 Å². The van der Waals surface area contributed by atoms with Crippen molar-refractivity contribution in [3.05, 3.63) is 61.2 Å². The molecule has 6 rings (SSSR count). The van der Waals surface area contributed by atoms with E-state index in [1.165, 1.54) is 11.8 Å². The van der Waals surface area contributed by atoms with Gasteiger partial charge in [0.15, 0.2) is 16.7 Å². The number of hydrogen-bond acceptors (Lipinski definition) is 7. The fourth-order valence-electron chi connectivity index (χ4n) is 5.95. The highest BCUT2D eigenvalue weighted by molar-refractivity contribution is 9.10. The highest BCUT2D eigenvalue weighted by Crippen LogP contribution is 2.49. The lowest BCUT2D eigenvalue weighted by molar-refractivity contribution is -0.0856. The van der Waals surface area contributed by atoms with Gasteiger partial charge in [0.1, 0.15) is 5.82 Å². The van der Waals surface area contributed by atoms with Crippen molar-refractivity contribution in [3.8, 4) is 0 Å². The van der Waals surface area contributed by atoms with E-state index in [0.717, 1.165) is 72.7 Å². The molecule has 2 aliphatic heterocycles. The molecule has 0 N–H and O–H groups in total. The van der Waals surface area contributed by atoms with Crippen molar-refractivity contribution < 1.29 is 13.9 Å². The number of amides is 1. The standard InChI is InChI=1S/C27H29BrClFN6O2S/c1-34(2)25(37)20-10-15-13-35(8-5-9-36(15)33-20)24-17-14-38-27(12-21(17)31-26(32-24)39-3)7-4-6-16-18(27)11-19(28)23(30)22(16)29/h10-11H,4-9,12-14H2,1-3H3. The summed E-state index contributed by atoms with van der Waals surface area (Å²) in [6, 6.07) is 3.72. The minimum atomic E-state index is -0.611. The van der Waals surface area contributed by atoms with Crippen LogP contribution in [0.15, 0.2) is 21.8 Å². The zero-order valence-corrected chi connectivity index (χ0v) is 25.2. The number of benzene rings is 1. The molecule has 0 saturated heterocycles. The van der Waals surface area contributed by atoms with Crippen LogP contribution in [-0.4, -0.2) is 57.5 Å². The molecule has 39 heavy (non-hydrogen) atoms. The van der Waals surface area contributed by atoms with E-state index in [2.05, 4.69) is 25.9 Å². The van der Waals surface area contributed by atoms with Crippen molar-refractivity contribution in [3.63, 3.8) is 0 Å². The first-order chi connectivity index (χ1) is 18.7. The van der Waals surface area contributed by atoms with E-state index in [4.69, 9.17) is 26.3 Å². The van der Waals surface area contributed by atoms with Crippen LogP contribution < -0.4 is 4.90 Å². The quantitative estimate of drug-likeness (QED) is 0.218. The maximum atomic E-state index is 14.6. The predicted molar refractivity (Wildman–Crippen MR) is 152 cm³/mol. The third kappa shape index (κ3) is 4.65. The molecular formula is C27H29BrClFN6O2S. The molecule has 2 aromatic heterocycles. The number of thioether (sulfide) groups is 1. The number of nitrogens with zero attached hydrogens (tertiary/aromatic N) is 6. The van der Waals surface area contributed by atoms with Crippen LogP contribution in [0, 0.1) is 5.82 Å². The van der Waals surface area contributed by atoms with Crippen LogP contribution in [-0.2, 0) is 42.9 Å². The van der Waals surface area contributed by atoms with Gasteiger partial charge in [-0.1, -0.05) is 23.4 Å². The molecule has 8 nitrogen and oxygen atoms in total. The van der Waals surface area contributed by atoms with E-state index in [0.29, 0.717) is 34.9 Å². The normalized spacial score (nSPS) is 20.3. The molecule has 1 spiro atoms. The van der Waals surface area contributed by atoms with Crippen LogP contribution in [0.2, 0.25) is 5.02 Å². The average Bonchev–Trinajstić information content (AvgIpc) is 3.22. The SMILES string of the molecule is CSc1nc2c(c(N3CCCn4nc(C(=O)N(C)C)cc4C3)n1)COC1(CCCc3c1cc(Br)c(F)c3Cl)C2. The molecule has 4 heterocycles. The molecule has 1 amide bonds. The van der Waals surface area contributed by atoms with Crippen molar-refractivity contribution in [1.29, 1.82) is 0 Å². The summed E-state index contributed by atoms with van der Waals surface area (Å²) in [5.74, 6) is 0.335. The first-order valence-electron chi connectivity index (χ1n) is 13.0. The second-order valence-corrected chi connectivity index (χ2v) is 12.5. The third-order valence-corrected chi connectivity index (χ3v) is 9.40. The van der Waals surface area contributed by atoms with Gasteiger partial charge in [-0.15, -0.1) is 0 Å². The molecule has 206 valence electrons. The molecule has 0 fully saturated rings. The number of rotatable bonds is 3. The maximum absolute atomic E-state index is 14.6. The van der Waals surface area contributed by atoms with Crippen molar-refractivity contribution in [1.82, 2.24) is 24.6 Å². The first-order valence-corrected chi connectivity index (χ1v) is 15.4. The fraction of sp³-hybridized carbons (Fsp3) is 0.481. The Kier molecular flexibility index (Phi) is 7.14. The second-order valence-electron chi connectivity index (χ2n) is 10.5. The molecule has 3 aliphatic rings. The van der Waals surface area contributed by atoms with E-state index in [1.807, 2.05) is 23.1 Å². The van der Waals surface area contributed by atoms with Gasteiger partial charge in [0.2, 0.25) is 0 Å². The predicted octanol–water partition coefficient (Wildman–Crippen LogP) is 5.37. The van der Waals surface area contributed by atoms with E-state index in [1.54, 1.807) is 19.0 Å². The highest BCUT2D eigenvalue weighted by atomic mass is 79.9. The summed E-state index contributed by atoms with van der Waals surface area (Å²) in [5, 5.41) is 5.46. The first kappa shape index (κ1) is 27.0. The number of anilines is 1. The summed E-state index contributed by atoms with van der Waals surface area (Å²) in [4.78, 5) is 26.2. The number of carbonyl (C=O) groups excluding carboxylic acids is 1. The van der Waals surface area contributed by atoms with Crippen molar-refractivity contribution >= 4 is 51.0 Å². The van der Waals surface area contributed by atoms with E-state index >= 15 is 0 Å². The number of carbonyl (C=O) groups is 1. The smallest absolute Gasteiger partial charge is 0.273 e. The molecule has 1 atom stereocenters. The molecule has 1 aromatic carbocycles. The molecule has 1 unspecified atom stereocenters. The van der Waals surface area contributed by atoms with Gasteiger partial charge in [-0.3, -0.25) is 9.48 Å². The number of halogens is 3. The van der Waals surface area contributed by atoms with Crippen LogP contribution in [0.4, 0.5) is 10.2 Å². The Morgan fingerprint density at radius 3 is 2.82 bits per heavy atom. The monoisotopic (exact) mass is 634 g/mol. The number of aryl methyl sites for hydroxylation is 1. The second kappa shape index (κ2) is 10.3. The van der Waals surface area contributed by atoms with Crippen LogP contribution in [0.1, 0.15) is 57.8 Å². The van der Waals surface area contributed by atoms with Gasteiger partial charge >= 0.3 is 0 Å². The zero-order valence-electron chi connectivity index (χ0n) is 22.1. The number of fused-ring (bicyclic) bond motifs is 4. The summed E-state index contributed by atoms with van der Waals surface area (Å²) in [5.41, 5.74) is 4.54. The number of hydrogen-bond donors (Lipinski definition) is 0. The van der Waals surface area contributed by atoms with Gasteiger partial charge in [-0.2, -0.15) is 5.10 Å². The maximum Gasteiger partial charge on any atom is 0.273 e. The van der Waals surface area contributed by atoms with E-state index in [-0.39, 0.29) is 10.9 Å². The van der Waals surface area contributed by atoms with Crippen LogP contribution in [0.25, 0.3) is 0 Å². The lowest BCUT2D eigenvalue weighted by Crippen LogP contribution is -2.41. The summed E-state index contributed by atoms with van der Waals surface area (Å²) < 4.78 is 23.6. The summed E-state index contributed by atoms with van der Waals surface area (Å²) in [6.07, 6.45) is 5.82. The number of ether oxygens (including phenoxy) is 1. The largest absolute Gasteiger partial charge is 0.365 e. The van der Waals surface area contributed by atoms with Crippen molar-refractivity contribution in [2.45, 2.75) is 62.6 Å². The van der Waals surface area contributed by atoms with E-state index in [9.17, 15) is 9.18 Å². The summed E-state index contributed by atoms with van der Waals surface area (Å²) in [6.45, 7) is 2.47. The summed E-state index contributed by atoms with van der Waals surface area (Å²) in [7, 11) is 3.47. The van der Waals surface area contributed by atoms with Gasteiger partial charge in [-0.05, 0) is 71.1 Å². The van der Waals surface area contributed by atoms with Crippen LogP contribution >= 0.6 is 39.3 Å². The van der Waals surface area contributed by atoms with Gasteiger partial charge in [-0.25, -0.2) is 14.4 Å². The van der Waals surface area contributed by atoms with Crippen LogP contribution in [0.5, 0.6) is 0 Å². The minimum absolute atomic E-state index is 0.107. The third-order valence-electron chi connectivity index (χ3n) is 7.88. The lowest BCUT2D eigenvalue weighted by atomic mass is 9.75. The number of aromatic nitrogens is 4. The lowest BCUT2D eigenvalue weighted by Gasteiger charge is -2.43. The molecule has 12 heteroatoms. The Hall–Kier alpha value is -2.21. The molecule has 0 radical (unpaired) electrons. The Balaban J connectivity index is 1.38. The zero-order chi connectivity index (χ0) is 27.5. The molecule has 3 aromatic rings. The Bertz CT molecular complexity index is 1480. The minimum Gasteiger partial charge on any atom is -0.365 e. The molecule has 0 saturated carbocycles. The van der Waals surface area contributed by atoms with Crippen LogP contribution in [0.3, 0.4) is 0 Å². The van der Waals surface area contributed by atoms with Gasteiger partial charge in [0.25, 0.3) is 5.91 Å². The topological polar surface area (TPSA) is 76.4 Å². The Morgan fingerprint density at radius 1 is 1.23 bits per heavy atom. The molecule has 0 bridgehead atoms. The summed E-state index contributed by atoms with van der Waals surface area (Å²) >= 11 is 11.3. The van der Waals surface area contributed by atoms with Gasteiger partial charge in [0.05, 0.1) is 39.6 Å². The molecular weight excluding hydrogens is 607 g/mol. The fourth-order valence-corrected chi connectivity index (χ4v) is 7.17. The van der Waals surface area contributed by atoms with Crippen molar-refractivity contribution in [2.24, 2.45) is 0 Å². The highest BCUT2D eigenvalue weighted by Gasteiger charge is 2.44. The molecule has 1 aliphatic carbocycles. The Morgan fingerprint density at radius 2 is 2.05 bits per heavy atom.